The van der Waals surface area contributed by atoms with E-state index in [1.807, 2.05) is 6.07 Å². The third kappa shape index (κ3) is 1.57. The Labute approximate surface area is 80.4 Å². The van der Waals surface area contributed by atoms with Crippen LogP contribution in [0.1, 0.15) is 5.56 Å². The summed E-state index contributed by atoms with van der Waals surface area (Å²) in [5, 5.41) is 17.1. The van der Waals surface area contributed by atoms with Gasteiger partial charge in [-0.15, -0.1) is 0 Å². The van der Waals surface area contributed by atoms with Gasteiger partial charge in [-0.1, -0.05) is 0 Å². The van der Waals surface area contributed by atoms with Gasteiger partial charge in [0.1, 0.15) is 18.4 Å². The van der Waals surface area contributed by atoms with Crippen LogP contribution >= 0.6 is 0 Å². The van der Waals surface area contributed by atoms with Crippen LogP contribution in [0.4, 0.5) is 0 Å². The Bertz CT molecular complexity index is 476. The molecule has 1 rings (SSSR count). The molecule has 0 N–H and O–H groups in total. The Balaban J connectivity index is 3.39. The summed E-state index contributed by atoms with van der Waals surface area (Å²) < 4.78 is 5.99. The molecule has 0 aromatic carbocycles. The third-order valence-electron chi connectivity index (χ3n) is 1.70. The fourth-order valence-electron chi connectivity index (χ4n) is 1.03. The van der Waals surface area contributed by atoms with Crippen LogP contribution in [0.25, 0.3) is 0 Å². The van der Waals surface area contributed by atoms with E-state index in [9.17, 15) is 4.79 Å². The lowest BCUT2D eigenvalue weighted by molar-refractivity contribution is 0.411. The van der Waals surface area contributed by atoms with Crippen molar-refractivity contribution in [3.63, 3.8) is 0 Å². The predicted octanol–water partition coefficient (Wildman–Crippen LogP) is 0.252. The summed E-state index contributed by atoms with van der Waals surface area (Å²) in [6.07, 6.45) is 1.42. The molecule has 1 aromatic rings. The molecule has 70 valence electrons. The molecule has 14 heavy (non-hydrogen) atoms. The molecular formula is C9H7N3O2. The Kier molecular flexibility index (Phi) is 2.88. The van der Waals surface area contributed by atoms with E-state index in [0.29, 0.717) is 0 Å². The van der Waals surface area contributed by atoms with Crippen molar-refractivity contribution in [3.8, 4) is 17.9 Å². The molecule has 0 amide bonds. The highest BCUT2D eigenvalue weighted by Crippen LogP contribution is 2.11. The van der Waals surface area contributed by atoms with E-state index in [2.05, 4.69) is 0 Å². The minimum atomic E-state index is -0.506. The maximum Gasteiger partial charge on any atom is 0.273 e. The van der Waals surface area contributed by atoms with Gasteiger partial charge in [-0.25, -0.2) is 0 Å². The van der Waals surface area contributed by atoms with Crippen molar-refractivity contribution in [2.75, 3.05) is 7.11 Å². The van der Waals surface area contributed by atoms with Crippen molar-refractivity contribution in [3.05, 3.63) is 28.2 Å². The molecule has 0 radical (unpaired) electrons. The molecule has 1 heterocycles. The summed E-state index contributed by atoms with van der Waals surface area (Å²) in [5.74, 6) is 0.228. The summed E-state index contributed by atoms with van der Waals surface area (Å²) in [4.78, 5) is 11.5. The van der Waals surface area contributed by atoms with E-state index in [0.717, 1.165) is 4.57 Å². The molecule has 0 atom stereocenters. The molecule has 0 bridgehead atoms. The van der Waals surface area contributed by atoms with Crippen LogP contribution in [0.5, 0.6) is 5.75 Å². The Morgan fingerprint density at radius 1 is 1.57 bits per heavy atom. The molecule has 0 saturated heterocycles. The van der Waals surface area contributed by atoms with Crippen LogP contribution in [0, 0.1) is 22.7 Å². The average Bonchev–Trinajstić information content (AvgIpc) is 2.21. The SMILES string of the molecule is COc1ccn(CC#N)c(=O)c1C#N. The summed E-state index contributed by atoms with van der Waals surface area (Å²) in [7, 11) is 1.38. The van der Waals surface area contributed by atoms with E-state index in [1.165, 1.54) is 19.4 Å². The first kappa shape index (κ1) is 9.82. The molecule has 0 aliphatic heterocycles. The fourth-order valence-corrected chi connectivity index (χ4v) is 1.03. The number of aromatic nitrogens is 1. The molecule has 0 unspecified atom stereocenters. The molecule has 0 saturated carbocycles. The van der Waals surface area contributed by atoms with Gasteiger partial charge < -0.3 is 9.30 Å². The molecule has 0 aliphatic carbocycles. The minimum absolute atomic E-state index is 0.0719. The van der Waals surface area contributed by atoms with Crippen LogP contribution in [0.2, 0.25) is 0 Å². The second-order valence-electron chi connectivity index (χ2n) is 2.46. The van der Waals surface area contributed by atoms with Gasteiger partial charge in [-0.3, -0.25) is 4.79 Å². The fraction of sp³-hybridized carbons (Fsp3) is 0.222. The van der Waals surface area contributed by atoms with Gasteiger partial charge >= 0.3 is 0 Å². The summed E-state index contributed by atoms with van der Waals surface area (Å²) >= 11 is 0. The molecule has 0 aliphatic rings. The topological polar surface area (TPSA) is 78.8 Å². The van der Waals surface area contributed by atoms with Gasteiger partial charge in [-0.05, 0) is 6.07 Å². The second-order valence-corrected chi connectivity index (χ2v) is 2.46. The van der Waals surface area contributed by atoms with Crippen molar-refractivity contribution in [1.82, 2.24) is 4.57 Å². The number of hydrogen-bond donors (Lipinski definition) is 0. The molecule has 5 heteroatoms. The van der Waals surface area contributed by atoms with E-state index in [4.69, 9.17) is 15.3 Å². The Morgan fingerprint density at radius 3 is 2.79 bits per heavy atom. The standard InChI is InChI=1S/C9H7N3O2/c1-14-8-2-4-12(5-3-10)9(13)7(8)6-11/h2,4H,5H2,1H3. The largest absolute Gasteiger partial charge is 0.495 e. The highest BCUT2D eigenvalue weighted by Gasteiger charge is 2.09. The zero-order valence-electron chi connectivity index (χ0n) is 7.52. The van der Waals surface area contributed by atoms with Gasteiger partial charge in [-0.2, -0.15) is 10.5 Å². The summed E-state index contributed by atoms with van der Waals surface area (Å²) in [6, 6.07) is 5.06. The number of hydrogen-bond acceptors (Lipinski definition) is 4. The number of rotatable bonds is 2. The van der Waals surface area contributed by atoms with E-state index in [-0.39, 0.29) is 17.9 Å². The number of methoxy groups -OCH3 is 1. The molecule has 0 spiro atoms. The summed E-state index contributed by atoms with van der Waals surface area (Å²) in [6.45, 7) is -0.0719. The van der Waals surface area contributed by atoms with Crippen LogP contribution in [0.3, 0.4) is 0 Å². The first-order valence-electron chi connectivity index (χ1n) is 3.79. The zero-order chi connectivity index (χ0) is 10.6. The van der Waals surface area contributed by atoms with Gasteiger partial charge in [0.05, 0.1) is 13.2 Å². The lowest BCUT2D eigenvalue weighted by atomic mass is 10.2. The van der Waals surface area contributed by atoms with Crippen LogP contribution in [0.15, 0.2) is 17.1 Å². The molecular weight excluding hydrogens is 182 g/mol. The van der Waals surface area contributed by atoms with E-state index in [1.54, 1.807) is 6.07 Å². The Morgan fingerprint density at radius 2 is 2.29 bits per heavy atom. The predicted molar refractivity (Wildman–Crippen MR) is 47.6 cm³/mol. The van der Waals surface area contributed by atoms with Gasteiger partial charge in [0.15, 0.2) is 5.56 Å². The number of nitriles is 2. The first-order chi connectivity index (χ1) is 6.74. The normalized spacial score (nSPS) is 8.79. The van der Waals surface area contributed by atoms with Crippen molar-refractivity contribution in [1.29, 1.82) is 10.5 Å². The van der Waals surface area contributed by atoms with Crippen molar-refractivity contribution < 1.29 is 4.74 Å². The van der Waals surface area contributed by atoms with Crippen LogP contribution in [-0.4, -0.2) is 11.7 Å². The summed E-state index contributed by atoms with van der Waals surface area (Å²) in [5.41, 5.74) is -0.585. The van der Waals surface area contributed by atoms with Crippen molar-refractivity contribution >= 4 is 0 Å². The average molecular weight is 189 g/mol. The smallest absolute Gasteiger partial charge is 0.273 e. The van der Waals surface area contributed by atoms with Gasteiger partial charge in [0.25, 0.3) is 5.56 Å². The maximum atomic E-state index is 11.5. The molecule has 0 fully saturated rings. The monoisotopic (exact) mass is 189 g/mol. The maximum absolute atomic E-state index is 11.5. The quantitative estimate of drug-likeness (QED) is 0.668. The van der Waals surface area contributed by atoms with E-state index >= 15 is 0 Å². The van der Waals surface area contributed by atoms with Crippen molar-refractivity contribution in [2.45, 2.75) is 6.54 Å². The minimum Gasteiger partial charge on any atom is -0.495 e. The van der Waals surface area contributed by atoms with Crippen LogP contribution < -0.4 is 10.3 Å². The lowest BCUT2D eigenvalue weighted by Gasteiger charge is -2.04. The molecule has 1 aromatic heterocycles. The van der Waals surface area contributed by atoms with E-state index < -0.39 is 5.56 Å². The van der Waals surface area contributed by atoms with Crippen molar-refractivity contribution in [2.24, 2.45) is 0 Å². The Hall–Kier alpha value is -2.27. The highest BCUT2D eigenvalue weighted by atomic mass is 16.5. The van der Waals surface area contributed by atoms with Crippen LogP contribution in [-0.2, 0) is 6.54 Å². The lowest BCUT2D eigenvalue weighted by Crippen LogP contribution is -2.22. The third-order valence-corrected chi connectivity index (χ3v) is 1.70. The number of pyridine rings is 1. The first-order valence-corrected chi connectivity index (χ1v) is 3.79. The number of ether oxygens (including phenoxy) is 1. The number of nitrogens with zero attached hydrogens (tertiary/aromatic N) is 3. The highest BCUT2D eigenvalue weighted by molar-refractivity contribution is 5.40. The molecule has 5 nitrogen and oxygen atoms in total. The van der Waals surface area contributed by atoms with Gasteiger partial charge in [0.2, 0.25) is 0 Å². The van der Waals surface area contributed by atoms with Gasteiger partial charge in [0, 0.05) is 6.20 Å². The zero-order valence-corrected chi connectivity index (χ0v) is 7.52. The second kappa shape index (κ2) is 4.11.